The molecule has 1 saturated heterocycles. The minimum atomic E-state index is -4.46. The molecule has 1 aliphatic heterocycles. The van der Waals surface area contributed by atoms with Crippen molar-refractivity contribution < 1.29 is 22.3 Å². The van der Waals surface area contributed by atoms with Crippen LogP contribution in [0.25, 0.3) is 10.9 Å². The van der Waals surface area contributed by atoms with Crippen molar-refractivity contribution in [3.63, 3.8) is 0 Å². The number of nitrogens with zero attached hydrogens (tertiary/aromatic N) is 2. The van der Waals surface area contributed by atoms with Crippen LogP contribution in [0.1, 0.15) is 24.0 Å². The van der Waals surface area contributed by atoms with E-state index in [1.807, 2.05) is 0 Å². The zero-order valence-corrected chi connectivity index (χ0v) is 18.5. The van der Waals surface area contributed by atoms with E-state index in [1.165, 1.54) is 18.2 Å². The number of rotatable bonds is 6. The molecule has 2 aromatic carbocycles. The third-order valence-corrected chi connectivity index (χ3v) is 6.32. The summed E-state index contributed by atoms with van der Waals surface area (Å²) >= 11 is 12.3. The molecule has 0 amide bonds. The first-order valence-corrected chi connectivity index (χ1v) is 10.9. The van der Waals surface area contributed by atoms with Gasteiger partial charge in [0.2, 0.25) is 0 Å². The minimum absolute atomic E-state index is 0.0350. The Balaban J connectivity index is 1.61. The maximum Gasteiger partial charge on any atom is 0.408 e. The first kappa shape index (κ1) is 23.3. The van der Waals surface area contributed by atoms with Crippen LogP contribution in [0.2, 0.25) is 10.2 Å². The van der Waals surface area contributed by atoms with Crippen LogP contribution in [0.4, 0.5) is 17.6 Å². The molecule has 1 N–H and O–H groups in total. The normalized spacial score (nSPS) is 16.6. The average Bonchev–Trinajstić information content (AvgIpc) is 3.02. The van der Waals surface area contributed by atoms with Gasteiger partial charge in [0.15, 0.2) is 5.15 Å². The number of alkyl halides is 3. The number of aromatic nitrogens is 2. The van der Waals surface area contributed by atoms with Gasteiger partial charge in [-0.2, -0.15) is 18.3 Å². The molecule has 0 spiro atoms. The van der Waals surface area contributed by atoms with E-state index in [4.69, 9.17) is 27.9 Å². The molecule has 32 heavy (non-hydrogen) atoms. The summed E-state index contributed by atoms with van der Waals surface area (Å²) in [5, 5.41) is 7.79. The Bertz CT molecular complexity index is 1090. The smallest absolute Gasteiger partial charge is 0.376 e. The molecule has 0 bridgehead atoms. The Labute approximate surface area is 192 Å². The number of hydrogen-bond donors (Lipinski definition) is 1. The lowest BCUT2D eigenvalue weighted by Crippen LogP contribution is -2.43. The maximum absolute atomic E-state index is 13.4. The summed E-state index contributed by atoms with van der Waals surface area (Å²) in [6.45, 7) is 0.672. The number of benzene rings is 2. The van der Waals surface area contributed by atoms with Gasteiger partial charge in [0, 0.05) is 21.4 Å². The Morgan fingerprint density at radius 2 is 1.78 bits per heavy atom. The van der Waals surface area contributed by atoms with Gasteiger partial charge in [-0.3, -0.25) is 4.68 Å². The number of piperidine rings is 1. The summed E-state index contributed by atoms with van der Waals surface area (Å²) in [7, 11) is 0. The van der Waals surface area contributed by atoms with E-state index in [-0.39, 0.29) is 28.5 Å². The average molecular weight is 490 g/mol. The first-order valence-electron chi connectivity index (χ1n) is 10.1. The van der Waals surface area contributed by atoms with E-state index in [9.17, 15) is 17.6 Å². The second-order valence-electron chi connectivity index (χ2n) is 8.05. The van der Waals surface area contributed by atoms with Crippen LogP contribution in [-0.2, 0) is 23.3 Å². The summed E-state index contributed by atoms with van der Waals surface area (Å²) in [5.41, 5.74) is 1.37. The van der Waals surface area contributed by atoms with E-state index >= 15 is 0 Å². The van der Waals surface area contributed by atoms with E-state index in [1.54, 1.807) is 18.2 Å². The summed E-state index contributed by atoms with van der Waals surface area (Å²) < 4.78 is 59.5. The fourth-order valence-electron chi connectivity index (χ4n) is 4.30. The van der Waals surface area contributed by atoms with E-state index in [2.05, 4.69) is 10.4 Å². The zero-order valence-electron chi connectivity index (χ0n) is 17.0. The third-order valence-electron chi connectivity index (χ3n) is 5.82. The summed E-state index contributed by atoms with van der Waals surface area (Å²) in [5.74, 6) is -0.310. The van der Waals surface area contributed by atoms with Crippen LogP contribution in [0.5, 0.6) is 0 Å². The number of fused-ring (bicyclic) bond motifs is 1. The van der Waals surface area contributed by atoms with Crippen molar-refractivity contribution in [2.75, 3.05) is 19.7 Å². The summed E-state index contributed by atoms with van der Waals surface area (Å²) in [6.07, 6.45) is -2.87. The lowest BCUT2D eigenvalue weighted by molar-refractivity contribution is -0.141. The van der Waals surface area contributed by atoms with Gasteiger partial charge in [-0.25, -0.2) is 4.39 Å². The predicted octanol–water partition coefficient (Wildman–Crippen LogP) is 5.88. The van der Waals surface area contributed by atoms with Gasteiger partial charge in [0.1, 0.15) is 12.4 Å². The fraction of sp³-hybridized carbons (Fsp3) is 0.409. The molecule has 3 aromatic rings. The molecule has 4 nitrogen and oxygen atoms in total. The first-order chi connectivity index (χ1) is 15.2. The number of ether oxygens (including phenoxy) is 1. The molecular formula is C22H21Cl2F4N3O. The minimum Gasteiger partial charge on any atom is -0.376 e. The number of hydrogen-bond acceptors (Lipinski definition) is 3. The van der Waals surface area contributed by atoms with Crippen molar-refractivity contribution in [2.45, 2.75) is 37.6 Å². The molecule has 0 unspecified atom stereocenters. The van der Waals surface area contributed by atoms with Crippen LogP contribution >= 0.6 is 23.2 Å². The lowest BCUT2D eigenvalue weighted by Gasteiger charge is -2.38. The van der Waals surface area contributed by atoms with Crippen molar-refractivity contribution in [3.8, 4) is 0 Å². The van der Waals surface area contributed by atoms with Gasteiger partial charge in [0.25, 0.3) is 0 Å². The van der Waals surface area contributed by atoms with Crippen molar-refractivity contribution in [1.29, 1.82) is 0 Å². The Morgan fingerprint density at radius 3 is 2.44 bits per heavy atom. The van der Waals surface area contributed by atoms with Crippen LogP contribution in [0.15, 0.2) is 36.4 Å². The molecule has 0 aliphatic carbocycles. The molecule has 0 radical (unpaired) electrons. The van der Waals surface area contributed by atoms with Gasteiger partial charge < -0.3 is 10.1 Å². The standard InChI is InChI=1S/C22H21Cl2F4N3O/c23-16-9-14(19-18(10-16)20(24)30-31(19)12-22(26,27)28)11-32-13-21(5-7-29-8-6-21)15-1-3-17(25)4-2-15/h1-4,9-10,29H,5-8,11-13H2. The number of nitrogens with one attached hydrogen (secondary N) is 1. The monoisotopic (exact) mass is 489 g/mol. The highest BCUT2D eigenvalue weighted by molar-refractivity contribution is 6.36. The topological polar surface area (TPSA) is 39.1 Å². The predicted molar refractivity (Wildman–Crippen MR) is 116 cm³/mol. The lowest BCUT2D eigenvalue weighted by atomic mass is 9.74. The highest BCUT2D eigenvalue weighted by atomic mass is 35.5. The molecule has 0 atom stereocenters. The molecular weight excluding hydrogens is 469 g/mol. The van der Waals surface area contributed by atoms with Gasteiger partial charge in [-0.05, 0) is 55.8 Å². The van der Waals surface area contributed by atoms with E-state index < -0.39 is 12.7 Å². The highest BCUT2D eigenvalue weighted by Crippen LogP contribution is 2.36. The van der Waals surface area contributed by atoms with Crippen molar-refractivity contribution in [3.05, 3.63) is 63.5 Å². The Hall–Kier alpha value is -1.87. The van der Waals surface area contributed by atoms with E-state index in [0.717, 1.165) is 36.2 Å². The Morgan fingerprint density at radius 1 is 1.09 bits per heavy atom. The summed E-state index contributed by atoms with van der Waals surface area (Å²) in [4.78, 5) is 0. The van der Waals surface area contributed by atoms with Crippen LogP contribution < -0.4 is 5.32 Å². The molecule has 1 aromatic heterocycles. The molecule has 2 heterocycles. The molecule has 0 saturated carbocycles. The second-order valence-corrected chi connectivity index (χ2v) is 8.85. The third kappa shape index (κ3) is 5.03. The van der Waals surface area contributed by atoms with Gasteiger partial charge in [0.05, 0.1) is 18.7 Å². The molecule has 172 valence electrons. The largest absolute Gasteiger partial charge is 0.408 e. The number of halogens is 6. The second kappa shape index (κ2) is 9.17. The molecule has 10 heteroatoms. The fourth-order valence-corrected chi connectivity index (χ4v) is 4.78. The van der Waals surface area contributed by atoms with Crippen LogP contribution in [-0.4, -0.2) is 35.7 Å². The van der Waals surface area contributed by atoms with Gasteiger partial charge in [-0.15, -0.1) is 0 Å². The van der Waals surface area contributed by atoms with Crippen molar-refractivity contribution in [2.24, 2.45) is 0 Å². The quantitative estimate of drug-likeness (QED) is 0.439. The SMILES string of the molecule is Fc1ccc(C2(COCc3cc(Cl)cc4c(Cl)nn(CC(F)(F)F)c34)CCNCC2)cc1. The summed E-state index contributed by atoms with van der Waals surface area (Å²) in [6, 6.07) is 9.45. The molecule has 1 aliphatic rings. The molecule has 1 fully saturated rings. The van der Waals surface area contributed by atoms with Gasteiger partial charge >= 0.3 is 6.18 Å². The van der Waals surface area contributed by atoms with Crippen LogP contribution in [0, 0.1) is 5.82 Å². The van der Waals surface area contributed by atoms with Crippen molar-refractivity contribution in [1.82, 2.24) is 15.1 Å². The molecule has 4 rings (SSSR count). The highest BCUT2D eigenvalue weighted by Gasteiger charge is 2.35. The zero-order chi connectivity index (χ0) is 22.9. The van der Waals surface area contributed by atoms with Crippen molar-refractivity contribution >= 4 is 34.1 Å². The van der Waals surface area contributed by atoms with Gasteiger partial charge in [-0.1, -0.05) is 35.3 Å². The maximum atomic E-state index is 13.4. The van der Waals surface area contributed by atoms with E-state index in [0.29, 0.717) is 22.6 Å². The van der Waals surface area contributed by atoms with Crippen LogP contribution in [0.3, 0.4) is 0 Å². The Kier molecular flexibility index (Phi) is 6.68.